The van der Waals surface area contributed by atoms with Gasteiger partial charge in [-0.2, -0.15) is 0 Å². The van der Waals surface area contributed by atoms with E-state index in [1.54, 1.807) is 12.4 Å². The highest BCUT2D eigenvalue weighted by Gasteiger charge is 2.28. The molecule has 1 aliphatic carbocycles. The van der Waals surface area contributed by atoms with Gasteiger partial charge in [0.05, 0.1) is 12.5 Å². The number of hydrogen-bond acceptors (Lipinski definition) is 6. The van der Waals surface area contributed by atoms with Gasteiger partial charge in [0.1, 0.15) is 18.0 Å². The van der Waals surface area contributed by atoms with Gasteiger partial charge in [-0.05, 0) is 25.0 Å². The van der Waals surface area contributed by atoms with Crippen LogP contribution < -0.4 is 9.80 Å². The topological polar surface area (TPSA) is 63.0 Å². The molecule has 0 aromatic carbocycles. The Balaban J connectivity index is 1.37. The number of pyridine rings is 1. The van der Waals surface area contributed by atoms with Crippen molar-refractivity contribution < 1.29 is 4.39 Å². The minimum atomic E-state index is -0.308. The Hall–Kier alpha value is -2.77. The summed E-state index contributed by atoms with van der Waals surface area (Å²) in [6.45, 7) is 3.27. The third kappa shape index (κ3) is 2.57. The molecular weight excluding hydrogens is 321 g/mol. The molecule has 8 heteroatoms. The van der Waals surface area contributed by atoms with Crippen LogP contribution in [0.15, 0.2) is 31.0 Å². The fraction of sp³-hybridized carbons (Fsp3) is 0.412. The maximum atomic E-state index is 13.0. The van der Waals surface area contributed by atoms with Crippen molar-refractivity contribution in [1.29, 1.82) is 0 Å². The molecule has 0 bridgehead atoms. The van der Waals surface area contributed by atoms with Gasteiger partial charge in [0.2, 0.25) is 0 Å². The normalized spacial score (nSPS) is 18.1. The Labute approximate surface area is 144 Å². The number of rotatable bonds is 3. The van der Waals surface area contributed by atoms with Crippen LogP contribution in [0, 0.1) is 5.82 Å². The van der Waals surface area contributed by atoms with Crippen molar-refractivity contribution in [2.24, 2.45) is 0 Å². The van der Waals surface area contributed by atoms with E-state index in [2.05, 4.69) is 34.3 Å². The van der Waals surface area contributed by atoms with Gasteiger partial charge in [0.25, 0.3) is 0 Å². The highest BCUT2D eigenvalue weighted by atomic mass is 19.1. The lowest BCUT2D eigenvalue weighted by molar-refractivity contribution is 0.614. The predicted molar refractivity (Wildman–Crippen MR) is 92.2 cm³/mol. The Morgan fingerprint density at radius 2 is 1.72 bits per heavy atom. The lowest BCUT2D eigenvalue weighted by Crippen LogP contribution is -2.47. The summed E-state index contributed by atoms with van der Waals surface area (Å²) in [6, 6.07) is 3.73. The second kappa shape index (κ2) is 5.65. The summed E-state index contributed by atoms with van der Waals surface area (Å²) in [7, 11) is 0. The van der Waals surface area contributed by atoms with E-state index < -0.39 is 0 Å². The number of nitrogens with zero attached hydrogens (tertiary/aromatic N) is 7. The number of imidazole rings is 1. The van der Waals surface area contributed by atoms with Crippen LogP contribution in [0.2, 0.25) is 0 Å². The Bertz CT molecular complexity index is 895. The second-order valence-corrected chi connectivity index (χ2v) is 6.56. The fourth-order valence-electron chi connectivity index (χ4n) is 3.39. The molecule has 0 radical (unpaired) electrons. The van der Waals surface area contributed by atoms with Crippen LogP contribution in [0.5, 0.6) is 0 Å². The van der Waals surface area contributed by atoms with Crippen LogP contribution in [-0.4, -0.2) is 50.7 Å². The van der Waals surface area contributed by atoms with Gasteiger partial charge in [0.15, 0.2) is 17.0 Å². The molecule has 3 aromatic heterocycles. The SMILES string of the molecule is Fc1ccc(N2CCN(c3ncnc4c3ncn4C3CC3)CC2)nc1. The van der Waals surface area contributed by atoms with Crippen molar-refractivity contribution in [3.05, 3.63) is 36.8 Å². The van der Waals surface area contributed by atoms with Gasteiger partial charge >= 0.3 is 0 Å². The van der Waals surface area contributed by atoms with Crippen LogP contribution in [0.3, 0.4) is 0 Å². The first-order valence-electron chi connectivity index (χ1n) is 8.58. The maximum absolute atomic E-state index is 13.0. The van der Waals surface area contributed by atoms with Gasteiger partial charge in [-0.25, -0.2) is 24.3 Å². The van der Waals surface area contributed by atoms with Crippen LogP contribution in [-0.2, 0) is 0 Å². The van der Waals surface area contributed by atoms with E-state index in [1.165, 1.54) is 25.1 Å². The summed E-state index contributed by atoms with van der Waals surface area (Å²) < 4.78 is 15.2. The van der Waals surface area contributed by atoms with Crippen LogP contribution in [0.1, 0.15) is 18.9 Å². The lowest BCUT2D eigenvalue weighted by Gasteiger charge is -2.36. The molecule has 3 aromatic rings. The highest BCUT2D eigenvalue weighted by Crippen LogP contribution is 2.37. The zero-order chi connectivity index (χ0) is 16.8. The third-order valence-electron chi connectivity index (χ3n) is 4.89. The molecule has 1 saturated carbocycles. The molecule has 128 valence electrons. The minimum Gasteiger partial charge on any atom is -0.353 e. The smallest absolute Gasteiger partial charge is 0.165 e. The fourth-order valence-corrected chi connectivity index (χ4v) is 3.39. The first-order valence-corrected chi connectivity index (χ1v) is 8.58. The van der Waals surface area contributed by atoms with Gasteiger partial charge in [-0.3, -0.25) is 0 Å². The molecular formula is C17H18FN7. The average Bonchev–Trinajstić information content (AvgIpc) is 3.41. The lowest BCUT2D eigenvalue weighted by atomic mass is 10.3. The predicted octanol–water partition coefficient (Wildman–Crippen LogP) is 2.02. The molecule has 0 amide bonds. The van der Waals surface area contributed by atoms with E-state index in [-0.39, 0.29) is 5.82 Å². The van der Waals surface area contributed by atoms with Crippen molar-refractivity contribution in [2.45, 2.75) is 18.9 Å². The monoisotopic (exact) mass is 339 g/mol. The number of hydrogen-bond donors (Lipinski definition) is 0. The summed E-state index contributed by atoms with van der Waals surface area (Å²) in [5.74, 6) is 1.40. The largest absolute Gasteiger partial charge is 0.353 e. The van der Waals surface area contributed by atoms with Crippen LogP contribution >= 0.6 is 0 Å². The average molecular weight is 339 g/mol. The summed E-state index contributed by atoms with van der Waals surface area (Å²) in [4.78, 5) is 22.1. The summed E-state index contributed by atoms with van der Waals surface area (Å²) in [5.41, 5.74) is 1.80. The minimum absolute atomic E-state index is 0.308. The number of fused-ring (bicyclic) bond motifs is 1. The first-order chi connectivity index (χ1) is 12.3. The molecule has 1 saturated heterocycles. The van der Waals surface area contributed by atoms with Crippen molar-refractivity contribution in [2.75, 3.05) is 36.0 Å². The van der Waals surface area contributed by atoms with Crippen molar-refractivity contribution in [3.63, 3.8) is 0 Å². The Morgan fingerprint density at radius 1 is 0.920 bits per heavy atom. The number of anilines is 2. The van der Waals surface area contributed by atoms with E-state index >= 15 is 0 Å². The van der Waals surface area contributed by atoms with E-state index in [9.17, 15) is 4.39 Å². The number of aromatic nitrogens is 5. The van der Waals surface area contributed by atoms with Gasteiger partial charge < -0.3 is 14.4 Å². The van der Waals surface area contributed by atoms with E-state index in [0.29, 0.717) is 6.04 Å². The van der Waals surface area contributed by atoms with Gasteiger partial charge in [-0.1, -0.05) is 0 Å². The standard InChI is InChI=1S/C17H18FN7/c18-12-1-4-14(19-9-12)23-5-7-24(8-6-23)16-15-17(21-10-20-16)25(11-22-15)13-2-3-13/h1,4,9-11,13H,2-3,5-8H2. The molecule has 0 N–H and O–H groups in total. The number of halogens is 1. The van der Waals surface area contributed by atoms with Crippen LogP contribution in [0.25, 0.3) is 11.2 Å². The summed E-state index contributed by atoms with van der Waals surface area (Å²) >= 11 is 0. The zero-order valence-corrected chi connectivity index (χ0v) is 13.7. The van der Waals surface area contributed by atoms with E-state index in [1.807, 2.05) is 6.33 Å². The molecule has 0 atom stereocenters. The molecule has 25 heavy (non-hydrogen) atoms. The van der Waals surface area contributed by atoms with Crippen molar-refractivity contribution in [3.8, 4) is 0 Å². The number of piperazine rings is 1. The van der Waals surface area contributed by atoms with Gasteiger partial charge in [0, 0.05) is 32.2 Å². The molecule has 5 rings (SSSR count). The molecule has 2 fully saturated rings. The molecule has 0 spiro atoms. The molecule has 4 heterocycles. The molecule has 7 nitrogen and oxygen atoms in total. The zero-order valence-electron chi connectivity index (χ0n) is 13.7. The van der Waals surface area contributed by atoms with E-state index in [0.717, 1.165) is 49.0 Å². The van der Waals surface area contributed by atoms with E-state index in [4.69, 9.17) is 0 Å². The quantitative estimate of drug-likeness (QED) is 0.727. The Kier molecular flexibility index (Phi) is 3.29. The first kappa shape index (κ1) is 14.6. The maximum Gasteiger partial charge on any atom is 0.165 e. The van der Waals surface area contributed by atoms with Crippen molar-refractivity contribution >= 4 is 22.8 Å². The van der Waals surface area contributed by atoms with Crippen LogP contribution in [0.4, 0.5) is 16.0 Å². The molecule has 2 aliphatic rings. The summed E-state index contributed by atoms with van der Waals surface area (Å²) in [5, 5.41) is 0. The highest BCUT2D eigenvalue weighted by molar-refractivity contribution is 5.83. The second-order valence-electron chi connectivity index (χ2n) is 6.56. The van der Waals surface area contributed by atoms with Crippen molar-refractivity contribution in [1.82, 2.24) is 24.5 Å². The molecule has 1 aliphatic heterocycles. The Morgan fingerprint density at radius 3 is 2.44 bits per heavy atom. The molecule has 0 unspecified atom stereocenters. The third-order valence-corrected chi connectivity index (χ3v) is 4.89. The van der Waals surface area contributed by atoms with Gasteiger partial charge in [-0.15, -0.1) is 0 Å². The summed E-state index contributed by atoms with van der Waals surface area (Å²) in [6.07, 6.45) is 7.19.